The van der Waals surface area contributed by atoms with E-state index < -0.39 is 0 Å². The first-order chi connectivity index (χ1) is 17.9. The molecule has 2 aliphatic heterocycles. The Morgan fingerprint density at radius 1 is 1.08 bits per heavy atom. The minimum absolute atomic E-state index is 0.282. The lowest BCUT2D eigenvalue weighted by molar-refractivity contribution is -0.122. The van der Waals surface area contributed by atoms with Gasteiger partial charge in [-0.15, -0.1) is 0 Å². The van der Waals surface area contributed by atoms with Gasteiger partial charge in [0.05, 0.1) is 34.4 Å². The maximum Gasteiger partial charge on any atom is 0.259 e. The van der Waals surface area contributed by atoms with Gasteiger partial charge in [0, 0.05) is 55.8 Å². The first kappa shape index (κ1) is 25.0. The molecule has 1 aromatic heterocycles. The number of nitriles is 1. The number of carbonyl (C=O) groups is 2. The molecule has 0 bridgehead atoms. The van der Waals surface area contributed by atoms with Crippen LogP contribution in [0.15, 0.2) is 48.7 Å². The number of Topliss-reactive ketones (excluding diaryl/α,β-unsaturated/α-hetero) is 1. The summed E-state index contributed by atoms with van der Waals surface area (Å²) in [7, 11) is 0. The number of hydrogen-bond acceptors (Lipinski definition) is 6. The summed E-state index contributed by atoms with van der Waals surface area (Å²) in [5.41, 5.74) is 3.97. The van der Waals surface area contributed by atoms with Crippen molar-refractivity contribution in [2.24, 2.45) is 0 Å². The highest BCUT2D eigenvalue weighted by Gasteiger charge is 2.28. The summed E-state index contributed by atoms with van der Waals surface area (Å²) in [5.74, 6) is 0.0836. The van der Waals surface area contributed by atoms with Gasteiger partial charge in [0.1, 0.15) is 11.9 Å². The standard InChI is InChI=1S/C28H29ClN6O2/c1-19-26(18-31-35(19)24-5-2-21(29)3-6-24)28(37)32-22-4-7-27(20(16-22)17-30)34-12-8-23(9-13-34)33-14-10-25(36)11-15-33/h2-7,16,18,23H,8-15H2,1H3,(H,32,37). The van der Waals surface area contributed by atoms with Crippen molar-refractivity contribution in [3.05, 3.63) is 70.5 Å². The third kappa shape index (κ3) is 5.38. The van der Waals surface area contributed by atoms with E-state index in [-0.39, 0.29) is 5.91 Å². The van der Waals surface area contributed by atoms with Crippen LogP contribution in [-0.4, -0.2) is 58.6 Å². The molecule has 9 heteroatoms. The van der Waals surface area contributed by atoms with Crippen LogP contribution in [0.25, 0.3) is 5.69 Å². The fourth-order valence-corrected chi connectivity index (χ4v) is 5.39. The van der Waals surface area contributed by atoms with Gasteiger partial charge in [0.25, 0.3) is 5.91 Å². The fourth-order valence-electron chi connectivity index (χ4n) is 5.26. The number of amides is 1. The summed E-state index contributed by atoms with van der Waals surface area (Å²) < 4.78 is 1.69. The van der Waals surface area contributed by atoms with Crippen molar-refractivity contribution in [3.8, 4) is 11.8 Å². The molecule has 3 aromatic rings. The third-order valence-corrected chi connectivity index (χ3v) is 7.63. The lowest BCUT2D eigenvalue weighted by Gasteiger charge is -2.40. The summed E-state index contributed by atoms with van der Waals surface area (Å²) in [4.78, 5) is 29.3. The van der Waals surface area contributed by atoms with Gasteiger partial charge in [-0.05, 0) is 62.2 Å². The highest BCUT2D eigenvalue weighted by atomic mass is 35.5. The molecule has 2 aliphatic rings. The molecule has 0 radical (unpaired) electrons. The molecule has 8 nitrogen and oxygen atoms in total. The Morgan fingerprint density at radius 3 is 2.46 bits per heavy atom. The summed E-state index contributed by atoms with van der Waals surface area (Å²) in [6.45, 7) is 5.28. The van der Waals surface area contributed by atoms with Gasteiger partial charge in [-0.25, -0.2) is 4.68 Å². The number of benzene rings is 2. The normalized spacial score (nSPS) is 17.0. The second kappa shape index (κ2) is 10.8. The van der Waals surface area contributed by atoms with E-state index in [1.807, 2.05) is 31.2 Å². The number of piperidine rings is 2. The summed E-state index contributed by atoms with van der Waals surface area (Å²) in [5, 5.41) is 17.8. The quantitative estimate of drug-likeness (QED) is 0.533. The van der Waals surface area contributed by atoms with Crippen LogP contribution in [0.3, 0.4) is 0 Å². The Balaban J connectivity index is 1.24. The topological polar surface area (TPSA) is 94.3 Å². The summed E-state index contributed by atoms with van der Waals surface area (Å²) >= 11 is 5.98. The largest absolute Gasteiger partial charge is 0.370 e. The molecule has 37 heavy (non-hydrogen) atoms. The number of carbonyl (C=O) groups excluding carboxylic acids is 2. The van der Waals surface area contributed by atoms with Crippen molar-refractivity contribution in [2.75, 3.05) is 36.4 Å². The minimum atomic E-state index is -0.282. The Hall–Kier alpha value is -3.67. The molecule has 0 unspecified atom stereocenters. The maximum absolute atomic E-state index is 13.0. The smallest absolute Gasteiger partial charge is 0.259 e. The van der Waals surface area contributed by atoms with Crippen LogP contribution in [0.4, 0.5) is 11.4 Å². The predicted molar refractivity (Wildman–Crippen MR) is 143 cm³/mol. The number of rotatable bonds is 5. The van der Waals surface area contributed by atoms with E-state index in [2.05, 4.69) is 26.3 Å². The molecule has 2 aromatic carbocycles. The molecule has 0 saturated carbocycles. The van der Waals surface area contributed by atoms with Gasteiger partial charge in [0.2, 0.25) is 0 Å². The first-order valence-corrected chi connectivity index (χ1v) is 13.0. The number of likely N-dealkylation sites (tertiary alicyclic amines) is 1. The Labute approximate surface area is 221 Å². The first-order valence-electron chi connectivity index (χ1n) is 12.6. The van der Waals surface area contributed by atoms with E-state index >= 15 is 0 Å². The Bertz CT molecular complexity index is 1340. The molecule has 1 N–H and O–H groups in total. The van der Waals surface area contributed by atoms with Gasteiger partial charge >= 0.3 is 0 Å². The Kier molecular flexibility index (Phi) is 7.26. The van der Waals surface area contributed by atoms with Gasteiger partial charge in [-0.3, -0.25) is 14.5 Å². The third-order valence-electron chi connectivity index (χ3n) is 7.38. The second-order valence-electron chi connectivity index (χ2n) is 9.62. The van der Waals surface area contributed by atoms with Gasteiger partial charge in [0.15, 0.2) is 0 Å². The van der Waals surface area contributed by atoms with Crippen molar-refractivity contribution >= 4 is 34.7 Å². The molecule has 2 fully saturated rings. The van der Waals surface area contributed by atoms with E-state index in [9.17, 15) is 14.9 Å². The molecule has 3 heterocycles. The van der Waals surface area contributed by atoms with Crippen LogP contribution in [0.2, 0.25) is 5.02 Å². The SMILES string of the molecule is Cc1c(C(=O)Nc2ccc(N3CCC(N4CCC(=O)CC4)CC3)c(C#N)c2)cnn1-c1ccc(Cl)cc1. The van der Waals surface area contributed by atoms with E-state index in [1.165, 1.54) is 0 Å². The van der Waals surface area contributed by atoms with E-state index in [1.54, 1.807) is 29.1 Å². The highest BCUT2D eigenvalue weighted by molar-refractivity contribution is 6.30. The van der Waals surface area contributed by atoms with Gasteiger partial charge in [-0.1, -0.05) is 11.6 Å². The lowest BCUT2D eigenvalue weighted by Crippen LogP contribution is -2.48. The maximum atomic E-state index is 13.0. The summed E-state index contributed by atoms with van der Waals surface area (Å²) in [6, 6.07) is 15.5. The van der Waals surface area contributed by atoms with Gasteiger partial charge < -0.3 is 10.2 Å². The average molecular weight is 517 g/mol. The van der Waals surface area contributed by atoms with Crippen molar-refractivity contribution in [1.29, 1.82) is 5.26 Å². The number of hydrogen-bond donors (Lipinski definition) is 1. The second-order valence-corrected chi connectivity index (χ2v) is 10.1. The Morgan fingerprint density at radius 2 is 1.78 bits per heavy atom. The van der Waals surface area contributed by atoms with Crippen molar-refractivity contribution in [1.82, 2.24) is 14.7 Å². The molecule has 5 rings (SSSR count). The summed E-state index contributed by atoms with van der Waals surface area (Å²) in [6.07, 6.45) is 4.88. The molecule has 0 atom stereocenters. The zero-order chi connectivity index (χ0) is 25.9. The number of anilines is 2. The van der Waals surface area contributed by atoms with Crippen molar-refractivity contribution in [3.63, 3.8) is 0 Å². The molecular formula is C28H29ClN6O2. The van der Waals surface area contributed by atoms with Crippen LogP contribution in [0.5, 0.6) is 0 Å². The minimum Gasteiger partial charge on any atom is -0.370 e. The molecule has 1 amide bonds. The number of nitrogens with zero attached hydrogens (tertiary/aromatic N) is 5. The lowest BCUT2D eigenvalue weighted by atomic mass is 9.98. The van der Waals surface area contributed by atoms with Crippen LogP contribution in [0, 0.1) is 18.3 Å². The molecule has 2 saturated heterocycles. The number of ketones is 1. The van der Waals surface area contributed by atoms with E-state index in [0.29, 0.717) is 52.2 Å². The zero-order valence-corrected chi connectivity index (χ0v) is 21.5. The number of halogens is 1. The van der Waals surface area contributed by atoms with Crippen molar-refractivity contribution < 1.29 is 9.59 Å². The van der Waals surface area contributed by atoms with Crippen LogP contribution in [-0.2, 0) is 4.79 Å². The monoisotopic (exact) mass is 516 g/mol. The van der Waals surface area contributed by atoms with E-state index in [4.69, 9.17) is 11.6 Å². The predicted octanol–water partition coefficient (Wildman–Crippen LogP) is 4.59. The molecule has 0 aliphatic carbocycles. The van der Waals surface area contributed by atoms with Crippen LogP contribution in [0.1, 0.15) is 47.3 Å². The van der Waals surface area contributed by atoms with Crippen molar-refractivity contribution in [2.45, 2.75) is 38.6 Å². The number of nitrogens with one attached hydrogen (secondary N) is 1. The average Bonchev–Trinajstić information content (AvgIpc) is 3.31. The van der Waals surface area contributed by atoms with Crippen LogP contribution >= 0.6 is 11.6 Å². The molecular weight excluding hydrogens is 488 g/mol. The van der Waals surface area contributed by atoms with Crippen LogP contribution < -0.4 is 10.2 Å². The fraction of sp³-hybridized carbons (Fsp3) is 0.357. The zero-order valence-electron chi connectivity index (χ0n) is 20.8. The highest BCUT2D eigenvalue weighted by Crippen LogP contribution is 2.29. The van der Waals surface area contributed by atoms with E-state index in [0.717, 1.165) is 50.4 Å². The molecule has 0 spiro atoms. The molecule has 190 valence electrons. The van der Waals surface area contributed by atoms with Gasteiger partial charge in [-0.2, -0.15) is 10.4 Å². The number of aromatic nitrogens is 2.